The van der Waals surface area contributed by atoms with Crippen LogP contribution in [0.5, 0.6) is 17.2 Å². The van der Waals surface area contributed by atoms with E-state index < -0.39 is 17.6 Å². The van der Waals surface area contributed by atoms with E-state index in [1.807, 2.05) is 0 Å². The average Bonchev–Trinajstić information content (AvgIpc) is 3.38. The molecule has 2 heterocycles. The van der Waals surface area contributed by atoms with Gasteiger partial charge in [-0.05, 0) is 51.1 Å². The molecule has 0 aromatic heterocycles. The molecule has 180 valence electrons. The Morgan fingerprint density at radius 1 is 1.06 bits per heavy atom. The summed E-state index contributed by atoms with van der Waals surface area (Å²) in [6.07, 6.45) is -0.561. The van der Waals surface area contributed by atoms with Crippen molar-refractivity contribution in [1.82, 2.24) is 0 Å². The second-order valence-corrected chi connectivity index (χ2v) is 8.97. The quantitative estimate of drug-likeness (QED) is 0.685. The second kappa shape index (κ2) is 9.12. The Labute approximate surface area is 197 Å². The number of hydrogen-bond donors (Lipinski definition) is 2. The normalized spacial score (nSPS) is 16.9. The molecule has 2 aliphatic rings. The van der Waals surface area contributed by atoms with Crippen LogP contribution in [0, 0.1) is 5.92 Å². The van der Waals surface area contributed by atoms with Crippen molar-refractivity contribution in [1.29, 1.82) is 0 Å². The van der Waals surface area contributed by atoms with Crippen molar-refractivity contribution in [2.24, 2.45) is 5.92 Å². The van der Waals surface area contributed by atoms with Gasteiger partial charge in [0.05, 0.1) is 18.7 Å². The van der Waals surface area contributed by atoms with Crippen LogP contribution in [0.15, 0.2) is 36.4 Å². The van der Waals surface area contributed by atoms with Crippen LogP contribution in [0.2, 0.25) is 0 Å². The molecule has 2 aliphatic heterocycles. The van der Waals surface area contributed by atoms with Gasteiger partial charge in [-0.3, -0.25) is 14.9 Å². The monoisotopic (exact) mass is 469 g/mol. The summed E-state index contributed by atoms with van der Waals surface area (Å²) in [5.41, 5.74) is 0.782. The molecular formula is C24H27N3O7. The van der Waals surface area contributed by atoms with Crippen molar-refractivity contribution in [3.05, 3.63) is 36.4 Å². The van der Waals surface area contributed by atoms with E-state index in [0.29, 0.717) is 34.3 Å². The Balaban J connectivity index is 1.43. The maximum atomic E-state index is 12.9. The van der Waals surface area contributed by atoms with Crippen LogP contribution in [0.25, 0.3) is 0 Å². The number of amides is 3. The van der Waals surface area contributed by atoms with Crippen molar-refractivity contribution in [3.8, 4) is 17.2 Å². The predicted molar refractivity (Wildman–Crippen MR) is 125 cm³/mol. The third kappa shape index (κ3) is 5.16. The lowest BCUT2D eigenvalue weighted by molar-refractivity contribution is -0.122. The first-order chi connectivity index (χ1) is 16.1. The predicted octanol–water partition coefficient (Wildman–Crippen LogP) is 3.76. The SMILES string of the molecule is COc1ccc(NC(=O)C2CC(=O)N(c3ccc4c(c3)OCO4)C2)cc1NC(=O)OC(C)(C)C. The Kier molecular flexibility index (Phi) is 6.23. The molecule has 1 atom stereocenters. The van der Waals surface area contributed by atoms with Crippen LogP contribution in [-0.2, 0) is 14.3 Å². The molecule has 2 aromatic carbocycles. The van der Waals surface area contributed by atoms with Crippen molar-refractivity contribution in [2.75, 3.05) is 36.0 Å². The highest BCUT2D eigenvalue weighted by atomic mass is 16.7. The van der Waals surface area contributed by atoms with Crippen molar-refractivity contribution < 1.29 is 33.3 Å². The summed E-state index contributed by atoms with van der Waals surface area (Å²) in [6.45, 7) is 5.66. The zero-order valence-electron chi connectivity index (χ0n) is 19.5. The molecule has 2 N–H and O–H groups in total. The first-order valence-corrected chi connectivity index (χ1v) is 10.8. The highest BCUT2D eigenvalue weighted by molar-refractivity contribution is 6.04. The van der Waals surface area contributed by atoms with E-state index in [1.54, 1.807) is 62.1 Å². The highest BCUT2D eigenvalue weighted by Crippen LogP contribution is 2.37. The van der Waals surface area contributed by atoms with Crippen LogP contribution in [0.1, 0.15) is 27.2 Å². The molecule has 0 aliphatic carbocycles. The summed E-state index contributed by atoms with van der Waals surface area (Å²) in [7, 11) is 1.47. The van der Waals surface area contributed by atoms with Crippen LogP contribution in [-0.4, -0.2) is 44.0 Å². The molecule has 2 aromatic rings. The minimum absolute atomic E-state index is 0.0828. The number of carbonyl (C=O) groups excluding carboxylic acids is 3. The van der Waals surface area contributed by atoms with Crippen molar-refractivity contribution in [2.45, 2.75) is 32.8 Å². The number of ether oxygens (including phenoxy) is 4. The van der Waals surface area contributed by atoms with Crippen molar-refractivity contribution in [3.63, 3.8) is 0 Å². The topological polar surface area (TPSA) is 115 Å². The third-order valence-electron chi connectivity index (χ3n) is 5.27. The van der Waals surface area contributed by atoms with E-state index in [4.69, 9.17) is 18.9 Å². The van der Waals surface area contributed by atoms with Gasteiger partial charge in [0.25, 0.3) is 0 Å². The van der Waals surface area contributed by atoms with Crippen molar-refractivity contribution >= 4 is 35.0 Å². The second-order valence-electron chi connectivity index (χ2n) is 8.97. The Hall–Kier alpha value is -3.95. The minimum Gasteiger partial charge on any atom is -0.495 e. The number of benzene rings is 2. The molecule has 10 heteroatoms. The summed E-state index contributed by atoms with van der Waals surface area (Å²) in [5.74, 6) is 0.614. The van der Waals surface area contributed by atoms with Gasteiger partial charge in [-0.1, -0.05) is 0 Å². The van der Waals surface area contributed by atoms with Crippen LogP contribution < -0.4 is 29.7 Å². The molecule has 3 amide bonds. The molecule has 34 heavy (non-hydrogen) atoms. The van der Waals surface area contributed by atoms with E-state index in [2.05, 4.69) is 10.6 Å². The van der Waals surface area contributed by atoms with E-state index >= 15 is 0 Å². The number of nitrogens with zero attached hydrogens (tertiary/aromatic N) is 1. The summed E-state index contributed by atoms with van der Waals surface area (Å²) in [6, 6.07) is 10.1. The fraction of sp³-hybridized carbons (Fsp3) is 0.375. The molecule has 1 unspecified atom stereocenters. The summed E-state index contributed by atoms with van der Waals surface area (Å²) < 4.78 is 21.3. The number of carbonyl (C=O) groups is 3. The lowest BCUT2D eigenvalue weighted by atomic mass is 10.1. The van der Waals surface area contributed by atoms with Gasteiger partial charge in [-0.15, -0.1) is 0 Å². The highest BCUT2D eigenvalue weighted by Gasteiger charge is 2.36. The molecule has 10 nitrogen and oxygen atoms in total. The molecule has 0 saturated carbocycles. The van der Waals surface area contributed by atoms with Crippen LogP contribution in [0.3, 0.4) is 0 Å². The zero-order valence-corrected chi connectivity index (χ0v) is 19.5. The zero-order chi connectivity index (χ0) is 24.5. The Bertz CT molecular complexity index is 1130. The van der Waals surface area contributed by atoms with E-state index in [1.165, 1.54) is 7.11 Å². The maximum Gasteiger partial charge on any atom is 0.412 e. The molecular weight excluding hydrogens is 442 g/mol. The lowest BCUT2D eigenvalue weighted by Crippen LogP contribution is -2.28. The van der Waals surface area contributed by atoms with Crippen LogP contribution in [0.4, 0.5) is 21.9 Å². The first-order valence-electron chi connectivity index (χ1n) is 10.8. The van der Waals surface area contributed by atoms with Gasteiger partial charge in [-0.25, -0.2) is 4.79 Å². The molecule has 1 fully saturated rings. The molecule has 0 spiro atoms. The fourth-order valence-corrected chi connectivity index (χ4v) is 3.73. The molecule has 1 saturated heterocycles. The van der Waals surface area contributed by atoms with Gasteiger partial charge in [0.15, 0.2) is 11.5 Å². The fourth-order valence-electron chi connectivity index (χ4n) is 3.73. The number of nitrogens with one attached hydrogen (secondary N) is 2. The number of anilines is 3. The van der Waals surface area contributed by atoms with Gasteiger partial charge in [-0.2, -0.15) is 0 Å². The third-order valence-corrected chi connectivity index (χ3v) is 5.27. The molecule has 4 rings (SSSR count). The van der Waals surface area contributed by atoms with Crippen LogP contribution >= 0.6 is 0 Å². The maximum absolute atomic E-state index is 12.9. The number of hydrogen-bond acceptors (Lipinski definition) is 7. The van der Waals surface area contributed by atoms with Gasteiger partial charge < -0.3 is 29.2 Å². The molecule has 0 radical (unpaired) electrons. The van der Waals surface area contributed by atoms with E-state index in [-0.39, 0.29) is 31.6 Å². The lowest BCUT2D eigenvalue weighted by Gasteiger charge is -2.20. The van der Waals surface area contributed by atoms with Gasteiger partial charge in [0.2, 0.25) is 18.6 Å². The summed E-state index contributed by atoms with van der Waals surface area (Å²) in [4.78, 5) is 39.3. The number of rotatable bonds is 5. The minimum atomic E-state index is -0.665. The Morgan fingerprint density at radius 3 is 2.56 bits per heavy atom. The first kappa shape index (κ1) is 23.2. The number of methoxy groups -OCH3 is 1. The number of fused-ring (bicyclic) bond motifs is 1. The smallest absolute Gasteiger partial charge is 0.412 e. The molecule has 0 bridgehead atoms. The van der Waals surface area contributed by atoms with Gasteiger partial charge in [0, 0.05) is 30.4 Å². The van der Waals surface area contributed by atoms with Gasteiger partial charge in [0.1, 0.15) is 11.4 Å². The Morgan fingerprint density at radius 2 is 1.82 bits per heavy atom. The largest absolute Gasteiger partial charge is 0.495 e. The summed E-state index contributed by atoms with van der Waals surface area (Å²) in [5, 5.41) is 5.46. The van der Waals surface area contributed by atoms with Gasteiger partial charge >= 0.3 is 6.09 Å². The summed E-state index contributed by atoms with van der Waals surface area (Å²) >= 11 is 0. The van der Waals surface area contributed by atoms with E-state index in [9.17, 15) is 14.4 Å². The standard InChI is InChI=1S/C24H27N3O7/c1-24(2,3)34-23(30)26-17-10-15(5-7-18(17)31-4)25-22(29)14-9-21(28)27(12-14)16-6-8-19-20(11-16)33-13-32-19/h5-8,10-11,14H,9,12-13H2,1-4H3,(H,25,29)(H,26,30). The average molecular weight is 469 g/mol. The van der Waals surface area contributed by atoms with E-state index in [0.717, 1.165) is 0 Å².